The van der Waals surface area contributed by atoms with Crippen LogP contribution in [0.3, 0.4) is 0 Å². The topological polar surface area (TPSA) is 52.1 Å². The Bertz CT molecular complexity index is 336. The summed E-state index contributed by atoms with van der Waals surface area (Å²) in [6.07, 6.45) is 3.60. The first-order valence-electron chi connectivity index (χ1n) is 5.95. The van der Waals surface area contributed by atoms with Gasteiger partial charge >= 0.3 is 0 Å². The minimum Gasteiger partial charge on any atom is -0.388 e. The van der Waals surface area contributed by atoms with Gasteiger partial charge in [0.2, 0.25) is 0 Å². The molecule has 0 spiro atoms. The molecule has 4 heteroatoms. The molecule has 0 saturated carbocycles. The molecular formula is C12H21N3O. The molecule has 2 heterocycles. The second-order valence-electron chi connectivity index (χ2n) is 5.25. The lowest BCUT2D eigenvalue weighted by Crippen LogP contribution is -2.42. The van der Waals surface area contributed by atoms with Gasteiger partial charge in [-0.3, -0.25) is 4.90 Å². The molecule has 0 radical (unpaired) electrons. The molecule has 4 nitrogen and oxygen atoms in total. The zero-order valence-electron chi connectivity index (χ0n) is 10.3. The number of imidazole rings is 1. The highest BCUT2D eigenvalue weighted by Crippen LogP contribution is 2.34. The second-order valence-corrected chi connectivity index (χ2v) is 5.25. The van der Waals surface area contributed by atoms with Crippen molar-refractivity contribution < 1.29 is 5.11 Å². The molecule has 0 amide bonds. The summed E-state index contributed by atoms with van der Waals surface area (Å²) in [4.78, 5) is 9.59. The van der Waals surface area contributed by atoms with Crippen molar-refractivity contribution >= 4 is 0 Å². The number of nitrogens with one attached hydrogen (secondary N) is 1. The lowest BCUT2D eigenvalue weighted by molar-refractivity contribution is -0.0256. The summed E-state index contributed by atoms with van der Waals surface area (Å²) in [6.45, 7) is 8.79. The standard InChI is InChI=1S/C12H21N3O/c1-9(2)12(16)8-15(6-10(12)3)7-11-13-4-5-14-11/h4-5,9-10,16H,6-8H2,1-3H3,(H,13,14)/t10-,12-/m1/s1. The van der Waals surface area contributed by atoms with Crippen LogP contribution in [0.5, 0.6) is 0 Å². The lowest BCUT2D eigenvalue weighted by Gasteiger charge is -2.31. The van der Waals surface area contributed by atoms with Crippen molar-refractivity contribution in [3.8, 4) is 0 Å². The number of rotatable bonds is 3. The Morgan fingerprint density at radius 1 is 1.69 bits per heavy atom. The number of hydrogen-bond acceptors (Lipinski definition) is 3. The van der Waals surface area contributed by atoms with Crippen LogP contribution in [0.25, 0.3) is 0 Å². The smallest absolute Gasteiger partial charge is 0.120 e. The SMILES string of the molecule is CC(C)[C@]1(O)CN(Cc2ncc[nH]2)C[C@H]1C. The Morgan fingerprint density at radius 2 is 2.44 bits per heavy atom. The van der Waals surface area contributed by atoms with Crippen LogP contribution < -0.4 is 0 Å². The molecule has 1 aromatic heterocycles. The normalized spacial score (nSPS) is 31.4. The van der Waals surface area contributed by atoms with Gasteiger partial charge in [-0.2, -0.15) is 0 Å². The predicted molar refractivity (Wildman–Crippen MR) is 62.8 cm³/mol. The van der Waals surface area contributed by atoms with E-state index in [1.165, 1.54) is 0 Å². The van der Waals surface area contributed by atoms with Crippen molar-refractivity contribution in [3.05, 3.63) is 18.2 Å². The fourth-order valence-corrected chi connectivity index (χ4v) is 2.59. The van der Waals surface area contributed by atoms with Crippen LogP contribution in [0.1, 0.15) is 26.6 Å². The first-order chi connectivity index (χ1) is 7.52. The third-order valence-electron chi connectivity index (χ3n) is 3.79. The van der Waals surface area contributed by atoms with Crippen LogP contribution >= 0.6 is 0 Å². The third kappa shape index (κ3) is 1.99. The van der Waals surface area contributed by atoms with E-state index in [0.717, 1.165) is 25.5 Å². The van der Waals surface area contributed by atoms with Gasteiger partial charge in [0.05, 0.1) is 12.1 Å². The number of hydrogen-bond donors (Lipinski definition) is 2. The summed E-state index contributed by atoms with van der Waals surface area (Å²) in [7, 11) is 0. The van der Waals surface area contributed by atoms with Crippen LogP contribution in [0.4, 0.5) is 0 Å². The lowest BCUT2D eigenvalue weighted by atomic mass is 9.82. The molecule has 90 valence electrons. The number of nitrogens with zero attached hydrogens (tertiary/aromatic N) is 2. The highest BCUT2D eigenvalue weighted by atomic mass is 16.3. The maximum absolute atomic E-state index is 10.6. The Morgan fingerprint density at radius 3 is 2.94 bits per heavy atom. The van der Waals surface area contributed by atoms with E-state index in [1.54, 1.807) is 6.20 Å². The third-order valence-corrected chi connectivity index (χ3v) is 3.79. The number of H-pyrrole nitrogens is 1. The van der Waals surface area contributed by atoms with E-state index in [-0.39, 0.29) is 0 Å². The van der Waals surface area contributed by atoms with E-state index >= 15 is 0 Å². The summed E-state index contributed by atoms with van der Waals surface area (Å²) >= 11 is 0. The van der Waals surface area contributed by atoms with Crippen LogP contribution in [0.2, 0.25) is 0 Å². The molecule has 1 aromatic rings. The maximum Gasteiger partial charge on any atom is 0.120 e. The Balaban J connectivity index is 2.01. The van der Waals surface area contributed by atoms with Gasteiger partial charge in [-0.25, -0.2) is 4.98 Å². The molecule has 2 rings (SSSR count). The fraction of sp³-hybridized carbons (Fsp3) is 0.750. The molecule has 1 fully saturated rings. The Hall–Kier alpha value is -0.870. The number of likely N-dealkylation sites (tertiary alicyclic amines) is 1. The van der Waals surface area contributed by atoms with Crippen molar-refractivity contribution in [2.45, 2.75) is 32.9 Å². The van der Waals surface area contributed by atoms with Gasteiger partial charge in [-0.1, -0.05) is 20.8 Å². The second kappa shape index (κ2) is 4.18. The van der Waals surface area contributed by atoms with Crippen LogP contribution in [0.15, 0.2) is 12.4 Å². The summed E-state index contributed by atoms with van der Waals surface area (Å²) < 4.78 is 0. The minimum absolute atomic E-state index is 0.295. The number of aliphatic hydroxyl groups is 1. The first kappa shape index (κ1) is 11.6. The van der Waals surface area contributed by atoms with Gasteiger partial charge in [-0.15, -0.1) is 0 Å². The molecule has 0 bridgehead atoms. The summed E-state index contributed by atoms with van der Waals surface area (Å²) in [6, 6.07) is 0. The van der Waals surface area contributed by atoms with E-state index in [2.05, 4.69) is 35.6 Å². The van der Waals surface area contributed by atoms with E-state index < -0.39 is 5.60 Å². The summed E-state index contributed by atoms with van der Waals surface area (Å²) in [5.74, 6) is 1.59. The van der Waals surface area contributed by atoms with Gasteiger partial charge in [0.15, 0.2) is 0 Å². The Kier molecular flexibility index (Phi) is 3.04. The van der Waals surface area contributed by atoms with Crippen molar-refractivity contribution in [3.63, 3.8) is 0 Å². The molecule has 0 unspecified atom stereocenters. The largest absolute Gasteiger partial charge is 0.388 e. The molecule has 1 saturated heterocycles. The molecule has 2 atom stereocenters. The van der Waals surface area contributed by atoms with Gasteiger partial charge in [-0.05, 0) is 11.8 Å². The molecule has 2 N–H and O–H groups in total. The molecular weight excluding hydrogens is 202 g/mol. The average Bonchev–Trinajstić information content (AvgIpc) is 2.77. The van der Waals surface area contributed by atoms with Gasteiger partial charge in [0.25, 0.3) is 0 Å². The zero-order chi connectivity index (χ0) is 11.8. The first-order valence-corrected chi connectivity index (χ1v) is 5.95. The zero-order valence-corrected chi connectivity index (χ0v) is 10.3. The molecule has 0 aliphatic carbocycles. The predicted octanol–water partition coefficient (Wildman–Crippen LogP) is 1.25. The van der Waals surface area contributed by atoms with Crippen LogP contribution in [0, 0.1) is 11.8 Å². The van der Waals surface area contributed by atoms with E-state index in [4.69, 9.17) is 0 Å². The van der Waals surface area contributed by atoms with Gasteiger partial charge < -0.3 is 10.1 Å². The average molecular weight is 223 g/mol. The molecule has 1 aliphatic rings. The quantitative estimate of drug-likeness (QED) is 0.811. The Labute approximate surface area is 96.7 Å². The minimum atomic E-state index is -0.549. The summed E-state index contributed by atoms with van der Waals surface area (Å²) in [5, 5.41) is 10.6. The maximum atomic E-state index is 10.6. The van der Waals surface area contributed by atoms with Crippen molar-refractivity contribution in [2.75, 3.05) is 13.1 Å². The molecule has 16 heavy (non-hydrogen) atoms. The van der Waals surface area contributed by atoms with Crippen LogP contribution in [-0.4, -0.2) is 38.7 Å². The highest BCUT2D eigenvalue weighted by molar-refractivity contribution is 4.99. The van der Waals surface area contributed by atoms with E-state index in [9.17, 15) is 5.11 Å². The fourth-order valence-electron chi connectivity index (χ4n) is 2.59. The summed E-state index contributed by atoms with van der Waals surface area (Å²) in [5.41, 5.74) is -0.549. The molecule has 0 aromatic carbocycles. The van der Waals surface area contributed by atoms with E-state index in [1.807, 2.05) is 6.20 Å². The van der Waals surface area contributed by atoms with E-state index in [0.29, 0.717) is 11.8 Å². The molecule has 1 aliphatic heterocycles. The highest BCUT2D eigenvalue weighted by Gasteiger charge is 2.44. The van der Waals surface area contributed by atoms with Crippen LogP contribution in [-0.2, 0) is 6.54 Å². The van der Waals surface area contributed by atoms with Crippen molar-refractivity contribution in [1.82, 2.24) is 14.9 Å². The number of β-amino-alcohol motifs (C(OH)–C–C–N with tert-alkyl or cyclic N) is 1. The monoisotopic (exact) mass is 223 g/mol. The van der Waals surface area contributed by atoms with Gasteiger partial charge in [0, 0.05) is 25.5 Å². The van der Waals surface area contributed by atoms with Crippen molar-refractivity contribution in [1.29, 1.82) is 0 Å². The number of aromatic nitrogens is 2. The number of aromatic amines is 1. The van der Waals surface area contributed by atoms with Gasteiger partial charge in [0.1, 0.15) is 5.82 Å². The van der Waals surface area contributed by atoms with Crippen molar-refractivity contribution in [2.24, 2.45) is 11.8 Å².